The highest BCUT2D eigenvalue weighted by Crippen LogP contribution is 2.18. The summed E-state index contributed by atoms with van der Waals surface area (Å²) >= 11 is 0. The summed E-state index contributed by atoms with van der Waals surface area (Å²) < 4.78 is 7.80. The SMILES string of the molecule is CC(C)COCCn1ccc2cc(N)ccc21. The molecule has 1 aromatic heterocycles. The van der Waals surface area contributed by atoms with Crippen LogP contribution in [0.5, 0.6) is 0 Å². The van der Waals surface area contributed by atoms with Crippen LogP contribution in [0.15, 0.2) is 30.5 Å². The number of hydrogen-bond acceptors (Lipinski definition) is 2. The number of aromatic nitrogens is 1. The number of benzene rings is 1. The molecule has 0 spiro atoms. The monoisotopic (exact) mass is 232 g/mol. The minimum absolute atomic E-state index is 0.594. The number of hydrogen-bond donors (Lipinski definition) is 1. The van der Waals surface area contributed by atoms with Gasteiger partial charge in [0.05, 0.1) is 6.61 Å². The number of rotatable bonds is 5. The fourth-order valence-corrected chi connectivity index (χ4v) is 1.90. The van der Waals surface area contributed by atoms with Gasteiger partial charge in [-0.3, -0.25) is 0 Å². The Bertz CT molecular complexity index is 488. The van der Waals surface area contributed by atoms with Gasteiger partial charge in [-0.05, 0) is 30.2 Å². The van der Waals surface area contributed by atoms with Crippen LogP contribution in [-0.4, -0.2) is 17.8 Å². The molecule has 0 atom stereocenters. The Morgan fingerprint density at radius 3 is 2.88 bits per heavy atom. The van der Waals surface area contributed by atoms with Crippen molar-refractivity contribution in [2.75, 3.05) is 18.9 Å². The molecule has 2 rings (SSSR count). The van der Waals surface area contributed by atoms with Gasteiger partial charge in [0.1, 0.15) is 0 Å². The Kier molecular flexibility index (Phi) is 3.69. The fraction of sp³-hybridized carbons (Fsp3) is 0.429. The van der Waals surface area contributed by atoms with Crippen LogP contribution >= 0.6 is 0 Å². The summed E-state index contributed by atoms with van der Waals surface area (Å²) in [5.41, 5.74) is 7.78. The van der Waals surface area contributed by atoms with Crippen molar-refractivity contribution in [3.63, 3.8) is 0 Å². The highest BCUT2D eigenvalue weighted by atomic mass is 16.5. The smallest absolute Gasteiger partial charge is 0.0645 e. The molecule has 0 aliphatic heterocycles. The molecule has 0 bridgehead atoms. The summed E-state index contributed by atoms with van der Waals surface area (Å²) in [6, 6.07) is 8.09. The molecule has 2 aromatic rings. The van der Waals surface area contributed by atoms with Gasteiger partial charge in [0, 0.05) is 35.9 Å². The first-order chi connectivity index (χ1) is 8.16. The van der Waals surface area contributed by atoms with Crippen molar-refractivity contribution in [1.82, 2.24) is 4.57 Å². The van der Waals surface area contributed by atoms with Crippen LogP contribution in [0.1, 0.15) is 13.8 Å². The van der Waals surface area contributed by atoms with Crippen molar-refractivity contribution in [2.24, 2.45) is 5.92 Å². The molecule has 1 aromatic carbocycles. The summed E-state index contributed by atoms with van der Waals surface area (Å²) in [5, 5.41) is 1.19. The zero-order chi connectivity index (χ0) is 12.3. The summed E-state index contributed by atoms with van der Waals surface area (Å²) in [7, 11) is 0. The van der Waals surface area contributed by atoms with Crippen LogP contribution in [0.3, 0.4) is 0 Å². The van der Waals surface area contributed by atoms with E-state index in [0.717, 1.165) is 25.4 Å². The van der Waals surface area contributed by atoms with Crippen LogP contribution in [0.2, 0.25) is 0 Å². The van der Waals surface area contributed by atoms with Gasteiger partial charge in [0.15, 0.2) is 0 Å². The third kappa shape index (κ3) is 3.01. The highest BCUT2D eigenvalue weighted by Gasteiger charge is 2.01. The summed E-state index contributed by atoms with van der Waals surface area (Å²) in [4.78, 5) is 0. The Morgan fingerprint density at radius 2 is 2.12 bits per heavy atom. The Morgan fingerprint density at radius 1 is 1.29 bits per heavy atom. The van der Waals surface area contributed by atoms with Crippen molar-refractivity contribution in [3.05, 3.63) is 30.5 Å². The maximum atomic E-state index is 5.75. The van der Waals surface area contributed by atoms with E-state index in [2.05, 4.69) is 36.7 Å². The van der Waals surface area contributed by atoms with E-state index < -0.39 is 0 Å². The van der Waals surface area contributed by atoms with Gasteiger partial charge in [0.2, 0.25) is 0 Å². The molecule has 0 radical (unpaired) electrons. The lowest BCUT2D eigenvalue weighted by atomic mass is 10.2. The van der Waals surface area contributed by atoms with Crippen LogP contribution in [-0.2, 0) is 11.3 Å². The van der Waals surface area contributed by atoms with Crippen LogP contribution < -0.4 is 5.73 Å². The lowest BCUT2D eigenvalue weighted by Crippen LogP contribution is -2.08. The van der Waals surface area contributed by atoms with Crippen molar-refractivity contribution in [1.29, 1.82) is 0 Å². The van der Waals surface area contributed by atoms with Gasteiger partial charge in [-0.25, -0.2) is 0 Å². The number of fused-ring (bicyclic) bond motifs is 1. The largest absolute Gasteiger partial charge is 0.399 e. The average molecular weight is 232 g/mol. The van der Waals surface area contributed by atoms with Gasteiger partial charge in [0.25, 0.3) is 0 Å². The molecule has 0 aliphatic rings. The maximum absolute atomic E-state index is 5.75. The normalized spacial score (nSPS) is 11.5. The molecule has 0 amide bonds. The molecule has 1 heterocycles. The number of nitrogen functional groups attached to an aromatic ring is 1. The van der Waals surface area contributed by atoms with E-state index in [9.17, 15) is 0 Å². The highest BCUT2D eigenvalue weighted by molar-refractivity contribution is 5.83. The number of ether oxygens (including phenoxy) is 1. The average Bonchev–Trinajstić information content (AvgIpc) is 2.66. The van der Waals surface area contributed by atoms with Gasteiger partial charge in [-0.1, -0.05) is 13.8 Å². The molecule has 0 saturated carbocycles. The fourth-order valence-electron chi connectivity index (χ4n) is 1.90. The van der Waals surface area contributed by atoms with Crippen LogP contribution in [0.4, 0.5) is 5.69 Å². The Hall–Kier alpha value is -1.48. The third-order valence-corrected chi connectivity index (χ3v) is 2.72. The van der Waals surface area contributed by atoms with E-state index in [0.29, 0.717) is 5.92 Å². The first kappa shape index (κ1) is 12.0. The predicted octanol–water partition coefficient (Wildman–Crippen LogP) is 2.90. The minimum Gasteiger partial charge on any atom is -0.399 e. The molecule has 0 aliphatic carbocycles. The molecule has 2 N–H and O–H groups in total. The van der Waals surface area contributed by atoms with E-state index in [1.807, 2.05) is 12.1 Å². The number of nitrogens with two attached hydrogens (primary N) is 1. The zero-order valence-electron chi connectivity index (χ0n) is 10.5. The quantitative estimate of drug-likeness (QED) is 0.636. The van der Waals surface area contributed by atoms with Crippen LogP contribution in [0.25, 0.3) is 10.9 Å². The standard InChI is InChI=1S/C14H20N2O/c1-11(2)10-17-8-7-16-6-5-12-9-13(15)3-4-14(12)16/h3-6,9,11H,7-8,10,15H2,1-2H3. The topological polar surface area (TPSA) is 40.2 Å². The Labute approximate surface area is 102 Å². The molecule has 3 heteroatoms. The van der Waals surface area contributed by atoms with E-state index in [4.69, 9.17) is 10.5 Å². The van der Waals surface area contributed by atoms with E-state index in [-0.39, 0.29) is 0 Å². The molecule has 17 heavy (non-hydrogen) atoms. The van der Waals surface area contributed by atoms with Gasteiger partial charge in [-0.2, -0.15) is 0 Å². The van der Waals surface area contributed by atoms with Gasteiger partial charge in [-0.15, -0.1) is 0 Å². The van der Waals surface area contributed by atoms with Crippen molar-refractivity contribution in [2.45, 2.75) is 20.4 Å². The molecular weight excluding hydrogens is 212 g/mol. The van der Waals surface area contributed by atoms with Crippen molar-refractivity contribution >= 4 is 16.6 Å². The lowest BCUT2D eigenvalue weighted by Gasteiger charge is -2.08. The Balaban J connectivity index is 1.99. The van der Waals surface area contributed by atoms with Gasteiger partial charge >= 0.3 is 0 Å². The summed E-state index contributed by atoms with van der Waals surface area (Å²) in [5.74, 6) is 0.594. The molecule has 92 valence electrons. The number of anilines is 1. The predicted molar refractivity (Wildman–Crippen MR) is 72.0 cm³/mol. The first-order valence-corrected chi connectivity index (χ1v) is 6.09. The summed E-state index contributed by atoms with van der Waals surface area (Å²) in [6.45, 7) is 6.79. The van der Waals surface area contributed by atoms with E-state index >= 15 is 0 Å². The molecule has 0 fully saturated rings. The second-order valence-corrected chi connectivity index (χ2v) is 4.80. The molecule has 3 nitrogen and oxygen atoms in total. The second kappa shape index (κ2) is 5.23. The second-order valence-electron chi connectivity index (χ2n) is 4.80. The zero-order valence-corrected chi connectivity index (χ0v) is 10.5. The lowest BCUT2D eigenvalue weighted by molar-refractivity contribution is 0.104. The summed E-state index contributed by atoms with van der Waals surface area (Å²) in [6.07, 6.45) is 2.09. The maximum Gasteiger partial charge on any atom is 0.0645 e. The first-order valence-electron chi connectivity index (χ1n) is 6.09. The molecule has 0 saturated heterocycles. The minimum atomic E-state index is 0.594. The number of nitrogens with zero attached hydrogens (tertiary/aromatic N) is 1. The van der Waals surface area contributed by atoms with Gasteiger partial charge < -0.3 is 15.0 Å². The van der Waals surface area contributed by atoms with E-state index in [1.165, 1.54) is 10.9 Å². The molecule has 0 unspecified atom stereocenters. The van der Waals surface area contributed by atoms with E-state index in [1.54, 1.807) is 0 Å². The van der Waals surface area contributed by atoms with Crippen LogP contribution in [0, 0.1) is 5.92 Å². The molecular formula is C14H20N2O. The van der Waals surface area contributed by atoms with Crippen molar-refractivity contribution in [3.8, 4) is 0 Å². The third-order valence-electron chi connectivity index (χ3n) is 2.72. The van der Waals surface area contributed by atoms with Crippen molar-refractivity contribution < 1.29 is 4.74 Å².